The minimum atomic E-state index is -0.354. The largest absolute Gasteiger partial charge is 0.313 e. The molecule has 17 heavy (non-hydrogen) atoms. The predicted octanol–water partition coefficient (Wildman–Crippen LogP) is 4.40. The van der Waals surface area contributed by atoms with Gasteiger partial charge in [0.15, 0.2) is 0 Å². The van der Waals surface area contributed by atoms with Crippen molar-refractivity contribution in [3.8, 4) is 0 Å². The second kappa shape index (κ2) is 7.67. The first-order chi connectivity index (χ1) is 8.09. The Hall–Kier alpha value is -0.600. The Kier molecular flexibility index (Phi) is 6.53. The molecule has 0 amide bonds. The molecule has 0 aliphatic rings. The highest BCUT2D eigenvalue weighted by Gasteiger charge is 2.00. The second-order valence-electron chi connectivity index (χ2n) is 4.81. The van der Waals surface area contributed by atoms with Crippen molar-refractivity contribution in [2.45, 2.75) is 39.7 Å². The summed E-state index contributed by atoms with van der Waals surface area (Å²) in [7, 11) is 0. The molecule has 0 heterocycles. The SMILES string of the molecule is CC(C)CCCCNCc1ccc(F)c(Cl)c1. The molecule has 1 N–H and O–H groups in total. The van der Waals surface area contributed by atoms with Gasteiger partial charge in [-0.2, -0.15) is 0 Å². The van der Waals surface area contributed by atoms with E-state index in [9.17, 15) is 4.39 Å². The highest BCUT2D eigenvalue weighted by atomic mass is 35.5. The van der Waals surface area contributed by atoms with Crippen molar-refractivity contribution in [2.75, 3.05) is 6.54 Å². The second-order valence-corrected chi connectivity index (χ2v) is 5.22. The maximum atomic E-state index is 12.9. The van der Waals surface area contributed by atoms with Crippen LogP contribution in [-0.2, 0) is 6.54 Å². The van der Waals surface area contributed by atoms with Crippen LogP contribution < -0.4 is 5.32 Å². The zero-order valence-corrected chi connectivity index (χ0v) is 11.4. The van der Waals surface area contributed by atoms with Crippen LogP contribution in [0.4, 0.5) is 4.39 Å². The summed E-state index contributed by atoms with van der Waals surface area (Å²) in [5.74, 6) is 0.429. The molecule has 0 saturated carbocycles. The van der Waals surface area contributed by atoms with Crippen LogP contribution in [0.1, 0.15) is 38.7 Å². The lowest BCUT2D eigenvalue weighted by molar-refractivity contribution is 0.520. The van der Waals surface area contributed by atoms with Crippen LogP contribution in [0.3, 0.4) is 0 Å². The van der Waals surface area contributed by atoms with Gasteiger partial charge in [-0.25, -0.2) is 4.39 Å². The summed E-state index contributed by atoms with van der Waals surface area (Å²) in [6.45, 7) is 6.24. The van der Waals surface area contributed by atoms with Gasteiger partial charge in [-0.05, 0) is 36.6 Å². The summed E-state index contributed by atoms with van der Waals surface area (Å²) in [6, 6.07) is 4.86. The monoisotopic (exact) mass is 257 g/mol. The molecule has 0 fully saturated rings. The van der Waals surface area contributed by atoms with E-state index < -0.39 is 0 Å². The van der Waals surface area contributed by atoms with Crippen molar-refractivity contribution in [2.24, 2.45) is 5.92 Å². The molecule has 0 bridgehead atoms. The van der Waals surface area contributed by atoms with Crippen molar-refractivity contribution < 1.29 is 4.39 Å². The van der Waals surface area contributed by atoms with Gasteiger partial charge >= 0.3 is 0 Å². The average molecular weight is 258 g/mol. The van der Waals surface area contributed by atoms with Crippen molar-refractivity contribution in [3.05, 3.63) is 34.6 Å². The normalized spacial score (nSPS) is 11.1. The standard InChI is InChI=1S/C14H21ClFN/c1-11(2)5-3-4-8-17-10-12-6-7-14(16)13(15)9-12/h6-7,9,11,17H,3-5,8,10H2,1-2H3. The van der Waals surface area contributed by atoms with Gasteiger partial charge < -0.3 is 5.32 Å². The number of hydrogen-bond acceptors (Lipinski definition) is 1. The van der Waals surface area contributed by atoms with Gasteiger partial charge in [-0.3, -0.25) is 0 Å². The lowest BCUT2D eigenvalue weighted by Crippen LogP contribution is -2.14. The van der Waals surface area contributed by atoms with E-state index in [1.165, 1.54) is 25.3 Å². The topological polar surface area (TPSA) is 12.0 Å². The molecule has 0 radical (unpaired) electrons. The fourth-order valence-corrected chi connectivity index (χ4v) is 1.89. The highest BCUT2D eigenvalue weighted by Crippen LogP contribution is 2.15. The zero-order chi connectivity index (χ0) is 12.7. The molecule has 0 saturated heterocycles. The molecule has 0 aromatic heterocycles. The van der Waals surface area contributed by atoms with Crippen LogP contribution in [0.25, 0.3) is 0 Å². The smallest absolute Gasteiger partial charge is 0.141 e. The van der Waals surface area contributed by atoms with Gasteiger partial charge in [0, 0.05) is 6.54 Å². The van der Waals surface area contributed by atoms with Crippen molar-refractivity contribution >= 4 is 11.6 Å². The van der Waals surface area contributed by atoms with E-state index in [0.29, 0.717) is 0 Å². The molecular formula is C14H21ClFN. The molecule has 96 valence electrons. The first-order valence-electron chi connectivity index (χ1n) is 6.24. The van der Waals surface area contributed by atoms with Gasteiger partial charge in [0.1, 0.15) is 5.82 Å². The van der Waals surface area contributed by atoms with Gasteiger partial charge in [0.05, 0.1) is 5.02 Å². The molecule has 0 spiro atoms. The summed E-state index contributed by atoms with van der Waals surface area (Å²) in [5.41, 5.74) is 1.03. The van der Waals surface area contributed by atoms with E-state index in [1.807, 2.05) is 0 Å². The Morgan fingerprint density at radius 1 is 1.29 bits per heavy atom. The Labute approximate surface area is 108 Å². The number of nitrogens with one attached hydrogen (secondary N) is 1. The number of halogens is 2. The average Bonchev–Trinajstić information content (AvgIpc) is 2.27. The number of unbranched alkanes of at least 4 members (excludes halogenated alkanes) is 1. The van der Waals surface area contributed by atoms with E-state index in [-0.39, 0.29) is 10.8 Å². The van der Waals surface area contributed by atoms with E-state index in [1.54, 1.807) is 12.1 Å². The minimum absolute atomic E-state index is 0.198. The molecule has 0 unspecified atom stereocenters. The molecule has 0 aliphatic heterocycles. The van der Waals surface area contributed by atoms with Crippen molar-refractivity contribution in [3.63, 3.8) is 0 Å². The van der Waals surface area contributed by atoms with Crippen LogP contribution in [0.15, 0.2) is 18.2 Å². The molecule has 0 aliphatic carbocycles. The molecule has 1 nitrogen and oxygen atoms in total. The lowest BCUT2D eigenvalue weighted by atomic mass is 10.1. The van der Waals surface area contributed by atoms with E-state index >= 15 is 0 Å². The maximum Gasteiger partial charge on any atom is 0.141 e. The third kappa shape index (κ3) is 6.04. The summed E-state index contributed by atoms with van der Waals surface area (Å²) >= 11 is 5.71. The number of benzene rings is 1. The Bertz CT molecular complexity index is 339. The van der Waals surface area contributed by atoms with Crippen molar-refractivity contribution in [1.29, 1.82) is 0 Å². The van der Waals surface area contributed by atoms with E-state index in [4.69, 9.17) is 11.6 Å². The third-order valence-corrected chi connectivity index (χ3v) is 2.99. The van der Waals surface area contributed by atoms with Crippen LogP contribution in [0.5, 0.6) is 0 Å². The van der Waals surface area contributed by atoms with Crippen LogP contribution in [-0.4, -0.2) is 6.54 Å². The van der Waals surface area contributed by atoms with Crippen LogP contribution in [0.2, 0.25) is 5.02 Å². The highest BCUT2D eigenvalue weighted by molar-refractivity contribution is 6.30. The van der Waals surface area contributed by atoms with Crippen molar-refractivity contribution in [1.82, 2.24) is 5.32 Å². The summed E-state index contributed by atoms with van der Waals surface area (Å²) in [5, 5.41) is 3.54. The quantitative estimate of drug-likeness (QED) is 0.714. The van der Waals surface area contributed by atoms with E-state index in [2.05, 4.69) is 19.2 Å². The molecule has 1 aromatic rings. The maximum absolute atomic E-state index is 12.9. The molecule has 1 aromatic carbocycles. The molecule has 1 rings (SSSR count). The minimum Gasteiger partial charge on any atom is -0.313 e. The first-order valence-corrected chi connectivity index (χ1v) is 6.62. The Morgan fingerprint density at radius 3 is 2.71 bits per heavy atom. The molecular weight excluding hydrogens is 237 g/mol. The lowest BCUT2D eigenvalue weighted by Gasteiger charge is -2.07. The predicted molar refractivity (Wildman–Crippen MR) is 71.8 cm³/mol. The van der Waals surface area contributed by atoms with Gasteiger partial charge in [-0.1, -0.05) is 44.4 Å². The van der Waals surface area contributed by atoms with Crippen LogP contribution >= 0.6 is 11.6 Å². The Morgan fingerprint density at radius 2 is 2.06 bits per heavy atom. The summed E-state index contributed by atoms with van der Waals surface area (Å²) in [4.78, 5) is 0. The molecule has 3 heteroatoms. The zero-order valence-electron chi connectivity index (χ0n) is 10.6. The number of hydrogen-bond donors (Lipinski definition) is 1. The van der Waals surface area contributed by atoms with Crippen LogP contribution in [0, 0.1) is 11.7 Å². The summed E-state index contributed by atoms with van der Waals surface area (Å²) in [6.07, 6.45) is 3.73. The summed E-state index contributed by atoms with van der Waals surface area (Å²) < 4.78 is 12.9. The number of rotatable bonds is 7. The fourth-order valence-electron chi connectivity index (χ4n) is 1.68. The molecule has 0 atom stereocenters. The van der Waals surface area contributed by atoms with Gasteiger partial charge in [0.2, 0.25) is 0 Å². The van der Waals surface area contributed by atoms with Gasteiger partial charge in [0.25, 0.3) is 0 Å². The van der Waals surface area contributed by atoms with E-state index in [0.717, 1.165) is 24.6 Å². The third-order valence-electron chi connectivity index (χ3n) is 2.70. The Balaban J connectivity index is 2.16. The fraction of sp³-hybridized carbons (Fsp3) is 0.571. The van der Waals surface area contributed by atoms with Gasteiger partial charge in [-0.15, -0.1) is 0 Å². The first kappa shape index (κ1) is 14.5.